The van der Waals surface area contributed by atoms with E-state index in [2.05, 4.69) is 0 Å². The van der Waals surface area contributed by atoms with Gasteiger partial charge in [0.15, 0.2) is 11.3 Å². The Balaban J connectivity index is 2.38. The molecule has 0 saturated heterocycles. The minimum absolute atomic E-state index is 0.0222. The highest BCUT2D eigenvalue weighted by Gasteiger charge is 2.23. The van der Waals surface area contributed by atoms with Crippen LogP contribution in [-0.4, -0.2) is 26.4 Å². The Kier molecular flexibility index (Phi) is 4.76. The maximum Gasteiger partial charge on any atom is 0.239 e. The molecule has 0 unspecified atom stereocenters. The second-order valence-corrected chi connectivity index (χ2v) is 6.22. The molecule has 0 aliphatic heterocycles. The van der Waals surface area contributed by atoms with Gasteiger partial charge >= 0.3 is 0 Å². The van der Waals surface area contributed by atoms with Gasteiger partial charge in [-0.1, -0.05) is 0 Å². The van der Waals surface area contributed by atoms with Crippen LogP contribution in [0.2, 0.25) is 0 Å². The molecule has 3 aromatic rings. The summed E-state index contributed by atoms with van der Waals surface area (Å²) in [4.78, 5) is 12.8. The number of aromatic hydroxyl groups is 1. The minimum Gasteiger partial charge on any atom is -0.507 e. The third-order valence-electron chi connectivity index (χ3n) is 3.79. The summed E-state index contributed by atoms with van der Waals surface area (Å²) in [6.45, 7) is 0. The van der Waals surface area contributed by atoms with E-state index in [1.165, 1.54) is 20.3 Å². The zero-order valence-corrected chi connectivity index (χ0v) is 15.9. The van der Waals surface area contributed by atoms with Crippen molar-refractivity contribution in [2.24, 2.45) is 0 Å². The number of rotatable bonds is 4. The van der Waals surface area contributed by atoms with Crippen molar-refractivity contribution in [2.75, 3.05) is 21.3 Å². The summed E-state index contributed by atoms with van der Waals surface area (Å²) >= 11 is 2.01. The van der Waals surface area contributed by atoms with E-state index in [0.29, 0.717) is 20.6 Å². The van der Waals surface area contributed by atoms with Crippen molar-refractivity contribution in [3.05, 3.63) is 44.1 Å². The zero-order chi connectivity index (χ0) is 18.1. The molecule has 0 radical (unpaired) electrons. The number of phenols is 1. The summed E-state index contributed by atoms with van der Waals surface area (Å²) in [5, 5.41) is 10.3. The quantitative estimate of drug-likeness (QED) is 0.605. The first-order chi connectivity index (χ1) is 12.0. The van der Waals surface area contributed by atoms with E-state index in [4.69, 9.17) is 18.6 Å². The van der Waals surface area contributed by atoms with Gasteiger partial charge < -0.3 is 23.7 Å². The Morgan fingerprint density at radius 3 is 2.28 bits per heavy atom. The monoisotopic (exact) mass is 454 g/mol. The SMILES string of the molecule is COc1ccc(-c2oc3c(I)c(OC)cc(O)c3c(=O)c2OC)cc1. The summed E-state index contributed by atoms with van der Waals surface area (Å²) in [6.07, 6.45) is 0. The minimum atomic E-state index is -0.451. The number of halogens is 1. The molecule has 2 aromatic carbocycles. The highest BCUT2D eigenvalue weighted by molar-refractivity contribution is 14.1. The fourth-order valence-corrected chi connectivity index (χ4v) is 3.30. The van der Waals surface area contributed by atoms with E-state index in [9.17, 15) is 9.90 Å². The Hall–Kier alpha value is -2.42. The van der Waals surface area contributed by atoms with Crippen molar-refractivity contribution in [3.63, 3.8) is 0 Å². The zero-order valence-electron chi connectivity index (χ0n) is 13.8. The van der Waals surface area contributed by atoms with E-state index in [-0.39, 0.29) is 28.2 Å². The molecule has 0 aliphatic rings. The molecule has 6 nitrogen and oxygen atoms in total. The molecule has 0 atom stereocenters. The van der Waals surface area contributed by atoms with Crippen molar-refractivity contribution in [3.8, 4) is 34.3 Å². The number of hydrogen-bond acceptors (Lipinski definition) is 6. The summed E-state index contributed by atoms with van der Waals surface area (Å²) in [5.41, 5.74) is 0.441. The first kappa shape index (κ1) is 17.4. The predicted octanol–water partition coefficient (Wildman–Crippen LogP) is 3.80. The molecule has 1 aromatic heterocycles. The fraction of sp³-hybridized carbons (Fsp3) is 0.167. The van der Waals surface area contributed by atoms with Crippen molar-refractivity contribution in [1.82, 2.24) is 0 Å². The van der Waals surface area contributed by atoms with Gasteiger partial charge in [0.1, 0.15) is 22.6 Å². The Morgan fingerprint density at radius 2 is 1.72 bits per heavy atom. The Morgan fingerprint density at radius 1 is 1.04 bits per heavy atom. The molecule has 1 N–H and O–H groups in total. The highest BCUT2D eigenvalue weighted by Crippen LogP contribution is 2.39. The van der Waals surface area contributed by atoms with E-state index in [0.717, 1.165) is 0 Å². The first-order valence-electron chi connectivity index (χ1n) is 7.26. The van der Waals surface area contributed by atoms with Gasteiger partial charge in [-0.3, -0.25) is 4.79 Å². The third-order valence-corrected chi connectivity index (χ3v) is 4.81. The van der Waals surface area contributed by atoms with Crippen molar-refractivity contribution >= 4 is 33.6 Å². The predicted molar refractivity (Wildman–Crippen MR) is 102 cm³/mol. The molecule has 25 heavy (non-hydrogen) atoms. The molecule has 1 heterocycles. The number of phenolic OH excluding ortho intramolecular Hbond substituents is 1. The van der Waals surface area contributed by atoms with Gasteiger partial charge in [0, 0.05) is 11.6 Å². The Bertz CT molecular complexity index is 991. The van der Waals surface area contributed by atoms with Crippen LogP contribution >= 0.6 is 22.6 Å². The molecule has 0 fully saturated rings. The molecule has 3 rings (SSSR count). The van der Waals surface area contributed by atoms with Crippen LogP contribution in [0, 0.1) is 3.57 Å². The molecule has 0 amide bonds. The molecule has 0 spiro atoms. The molecular formula is C18H15IO6. The summed E-state index contributed by atoms with van der Waals surface area (Å²) in [7, 11) is 4.44. The number of benzene rings is 2. The average molecular weight is 454 g/mol. The van der Waals surface area contributed by atoms with Crippen LogP contribution in [0.4, 0.5) is 0 Å². The molecule has 7 heteroatoms. The van der Waals surface area contributed by atoms with E-state index in [1.807, 2.05) is 22.6 Å². The number of methoxy groups -OCH3 is 3. The van der Waals surface area contributed by atoms with E-state index >= 15 is 0 Å². The van der Waals surface area contributed by atoms with Gasteiger partial charge in [0.2, 0.25) is 11.2 Å². The van der Waals surface area contributed by atoms with Crippen LogP contribution in [0.3, 0.4) is 0 Å². The van der Waals surface area contributed by atoms with Crippen LogP contribution in [0.5, 0.6) is 23.0 Å². The molecule has 130 valence electrons. The molecule has 0 bridgehead atoms. The largest absolute Gasteiger partial charge is 0.507 e. The van der Waals surface area contributed by atoms with Crippen molar-refractivity contribution in [2.45, 2.75) is 0 Å². The lowest BCUT2D eigenvalue weighted by Crippen LogP contribution is -2.09. The summed E-state index contributed by atoms with van der Waals surface area (Å²) in [5.74, 6) is 1.17. The van der Waals surface area contributed by atoms with Gasteiger partial charge in [-0.25, -0.2) is 0 Å². The van der Waals surface area contributed by atoms with Gasteiger partial charge in [0.05, 0.1) is 24.9 Å². The maximum atomic E-state index is 12.8. The molecule has 0 aliphatic carbocycles. The summed E-state index contributed by atoms with van der Waals surface area (Å²) < 4.78 is 22.2. The van der Waals surface area contributed by atoms with Gasteiger partial charge in [-0.2, -0.15) is 0 Å². The van der Waals surface area contributed by atoms with Crippen LogP contribution < -0.4 is 19.6 Å². The summed E-state index contributed by atoms with van der Waals surface area (Å²) in [6, 6.07) is 8.42. The normalized spacial score (nSPS) is 10.7. The van der Waals surface area contributed by atoms with Crippen LogP contribution in [0.25, 0.3) is 22.3 Å². The van der Waals surface area contributed by atoms with Crippen molar-refractivity contribution < 1.29 is 23.7 Å². The van der Waals surface area contributed by atoms with Crippen LogP contribution in [-0.2, 0) is 0 Å². The van der Waals surface area contributed by atoms with Crippen LogP contribution in [0.15, 0.2) is 39.5 Å². The number of ether oxygens (including phenoxy) is 3. The first-order valence-corrected chi connectivity index (χ1v) is 8.34. The lowest BCUT2D eigenvalue weighted by atomic mass is 10.1. The molecular weight excluding hydrogens is 439 g/mol. The molecule has 0 saturated carbocycles. The van der Waals surface area contributed by atoms with Crippen LogP contribution in [0.1, 0.15) is 0 Å². The second-order valence-electron chi connectivity index (χ2n) is 5.14. The topological polar surface area (TPSA) is 78.1 Å². The maximum absolute atomic E-state index is 12.8. The second kappa shape index (κ2) is 6.83. The van der Waals surface area contributed by atoms with E-state index in [1.54, 1.807) is 31.4 Å². The lowest BCUT2D eigenvalue weighted by Gasteiger charge is -2.13. The number of hydrogen-bond donors (Lipinski definition) is 1. The lowest BCUT2D eigenvalue weighted by molar-refractivity contribution is 0.393. The highest BCUT2D eigenvalue weighted by atomic mass is 127. The third kappa shape index (κ3) is 2.88. The Labute approximate surface area is 157 Å². The van der Waals surface area contributed by atoms with Gasteiger partial charge in [0.25, 0.3) is 0 Å². The standard InChI is InChI=1S/C18H15IO6/c1-22-10-6-4-9(5-7-10)16-18(24-3)15(21)13-11(20)8-12(23-2)14(19)17(13)25-16/h4-8,20H,1-3H3. The van der Waals surface area contributed by atoms with Gasteiger partial charge in [-0.05, 0) is 46.9 Å². The average Bonchev–Trinajstić information content (AvgIpc) is 2.64. The van der Waals surface area contributed by atoms with E-state index < -0.39 is 5.43 Å². The fourth-order valence-electron chi connectivity index (χ4n) is 2.54. The smallest absolute Gasteiger partial charge is 0.239 e. The van der Waals surface area contributed by atoms with Crippen molar-refractivity contribution in [1.29, 1.82) is 0 Å². The number of fused-ring (bicyclic) bond motifs is 1. The van der Waals surface area contributed by atoms with Gasteiger partial charge in [-0.15, -0.1) is 0 Å².